The number of nitrogens with one attached hydrogen (secondary N) is 2. The van der Waals surface area contributed by atoms with Crippen LogP contribution in [-0.4, -0.2) is 35.0 Å². The van der Waals surface area contributed by atoms with E-state index in [0.29, 0.717) is 32.2 Å². The van der Waals surface area contributed by atoms with Gasteiger partial charge < -0.3 is 15.7 Å². The largest absolute Gasteiger partial charge is 0.480 e. The third kappa shape index (κ3) is 6.03. The summed E-state index contributed by atoms with van der Waals surface area (Å²) in [6.45, 7) is 2.62. The van der Waals surface area contributed by atoms with Crippen molar-refractivity contribution in [1.29, 1.82) is 0 Å². The maximum Gasteiger partial charge on any atom is 0.329 e. The van der Waals surface area contributed by atoms with Gasteiger partial charge in [-0.2, -0.15) is 0 Å². The summed E-state index contributed by atoms with van der Waals surface area (Å²) in [6, 6.07) is 0. The Bertz CT molecular complexity index is 388. The zero-order valence-corrected chi connectivity index (χ0v) is 13.5. The quantitative estimate of drug-likeness (QED) is 0.597. The number of aliphatic carboxylic acids is 1. The van der Waals surface area contributed by atoms with Gasteiger partial charge in [-0.25, -0.2) is 4.79 Å². The van der Waals surface area contributed by atoms with E-state index in [0.717, 1.165) is 32.1 Å². The molecule has 1 aliphatic rings. The molecule has 0 spiro atoms. The van der Waals surface area contributed by atoms with Crippen molar-refractivity contribution in [2.75, 3.05) is 6.54 Å². The fourth-order valence-corrected chi connectivity index (χ4v) is 2.82. The zero-order chi connectivity index (χ0) is 16.4. The van der Waals surface area contributed by atoms with Gasteiger partial charge in [0, 0.05) is 19.4 Å². The van der Waals surface area contributed by atoms with Crippen LogP contribution in [0.1, 0.15) is 71.1 Å². The molecule has 1 fully saturated rings. The normalized spacial score (nSPS) is 17.3. The predicted molar refractivity (Wildman–Crippen MR) is 83.4 cm³/mol. The fraction of sp³-hybridized carbons (Fsp3) is 0.812. The van der Waals surface area contributed by atoms with Gasteiger partial charge in [0.25, 0.3) is 0 Å². The van der Waals surface area contributed by atoms with Gasteiger partial charge >= 0.3 is 5.97 Å². The van der Waals surface area contributed by atoms with E-state index in [-0.39, 0.29) is 18.2 Å². The van der Waals surface area contributed by atoms with Crippen molar-refractivity contribution >= 4 is 17.8 Å². The third-order valence-electron chi connectivity index (χ3n) is 4.13. The Kier molecular flexibility index (Phi) is 7.91. The molecule has 1 saturated carbocycles. The van der Waals surface area contributed by atoms with Crippen LogP contribution in [0.5, 0.6) is 0 Å². The van der Waals surface area contributed by atoms with E-state index in [9.17, 15) is 19.5 Å². The van der Waals surface area contributed by atoms with Gasteiger partial charge in [0.05, 0.1) is 0 Å². The molecular weight excluding hydrogens is 284 g/mol. The summed E-state index contributed by atoms with van der Waals surface area (Å²) in [7, 11) is 0. The average Bonchev–Trinajstić information content (AvgIpc) is 2.71. The summed E-state index contributed by atoms with van der Waals surface area (Å²) in [4.78, 5) is 35.1. The van der Waals surface area contributed by atoms with Crippen LogP contribution in [0.2, 0.25) is 0 Å². The van der Waals surface area contributed by atoms with Crippen LogP contribution < -0.4 is 10.6 Å². The standard InChI is InChI=1S/C16H28N2O4/c1-2-12-17-13(19)8-7-9-14(20)18-16(15(21)22)10-5-3-4-6-11-16/h2-12H2,1H3,(H,17,19)(H,18,20)(H,21,22). The van der Waals surface area contributed by atoms with Crippen molar-refractivity contribution in [3.05, 3.63) is 0 Å². The Balaban J connectivity index is 2.40. The molecule has 6 heteroatoms. The minimum Gasteiger partial charge on any atom is -0.480 e. The number of carbonyl (C=O) groups is 3. The molecule has 0 radical (unpaired) electrons. The van der Waals surface area contributed by atoms with Crippen molar-refractivity contribution in [3.8, 4) is 0 Å². The Hall–Kier alpha value is -1.59. The maximum atomic E-state index is 12.0. The van der Waals surface area contributed by atoms with E-state index >= 15 is 0 Å². The smallest absolute Gasteiger partial charge is 0.329 e. The summed E-state index contributed by atoms with van der Waals surface area (Å²) in [5.41, 5.74) is -1.11. The maximum absolute atomic E-state index is 12.0. The lowest BCUT2D eigenvalue weighted by atomic mass is 9.90. The van der Waals surface area contributed by atoms with E-state index in [1.54, 1.807) is 0 Å². The number of carboxylic acid groups (broad SMARTS) is 1. The Morgan fingerprint density at radius 2 is 1.59 bits per heavy atom. The fourth-order valence-electron chi connectivity index (χ4n) is 2.82. The molecule has 0 unspecified atom stereocenters. The van der Waals surface area contributed by atoms with Gasteiger partial charge in [-0.15, -0.1) is 0 Å². The van der Waals surface area contributed by atoms with Crippen molar-refractivity contribution in [1.82, 2.24) is 10.6 Å². The third-order valence-corrected chi connectivity index (χ3v) is 4.13. The molecule has 0 aromatic heterocycles. The SMILES string of the molecule is CCCNC(=O)CCCC(=O)NC1(C(=O)O)CCCCCC1. The first-order chi connectivity index (χ1) is 10.5. The van der Waals surface area contributed by atoms with E-state index in [2.05, 4.69) is 10.6 Å². The predicted octanol–water partition coefficient (Wildman–Crippen LogP) is 1.98. The Morgan fingerprint density at radius 3 is 2.14 bits per heavy atom. The van der Waals surface area contributed by atoms with Crippen LogP contribution in [0, 0.1) is 0 Å². The van der Waals surface area contributed by atoms with E-state index < -0.39 is 11.5 Å². The van der Waals surface area contributed by atoms with E-state index in [1.165, 1.54) is 0 Å². The Labute approximate surface area is 132 Å². The van der Waals surface area contributed by atoms with Crippen molar-refractivity contribution in [3.63, 3.8) is 0 Å². The first-order valence-electron chi connectivity index (χ1n) is 8.31. The molecule has 6 nitrogen and oxygen atoms in total. The second kappa shape index (κ2) is 9.43. The van der Waals surface area contributed by atoms with Crippen LogP contribution >= 0.6 is 0 Å². The van der Waals surface area contributed by atoms with Gasteiger partial charge in [-0.3, -0.25) is 9.59 Å². The molecule has 1 aliphatic carbocycles. The molecular formula is C16H28N2O4. The number of carbonyl (C=O) groups excluding carboxylic acids is 2. The summed E-state index contributed by atoms with van der Waals surface area (Å²) >= 11 is 0. The van der Waals surface area contributed by atoms with Gasteiger partial charge in [-0.1, -0.05) is 32.6 Å². The summed E-state index contributed by atoms with van der Waals surface area (Å²) in [5.74, 6) is -1.27. The van der Waals surface area contributed by atoms with Crippen molar-refractivity contribution in [2.24, 2.45) is 0 Å². The summed E-state index contributed by atoms with van der Waals surface area (Å²) in [6.07, 6.45) is 6.48. The van der Waals surface area contributed by atoms with Gasteiger partial charge in [0.1, 0.15) is 5.54 Å². The minimum absolute atomic E-state index is 0.0583. The highest BCUT2D eigenvalue weighted by atomic mass is 16.4. The highest BCUT2D eigenvalue weighted by Gasteiger charge is 2.39. The topological polar surface area (TPSA) is 95.5 Å². The lowest BCUT2D eigenvalue weighted by molar-refractivity contribution is -0.148. The number of hydrogen-bond acceptors (Lipinski definition) is 3. The van der Waals surface area contributed by atoms with E-state index in [4.69, 9.17) is 0 Å². The molecule has 0 aromatic rings. The van der Waals surface area contributed by atoms with Crippen molar-refractivity contribution < 1.29 is 19.5 Å². The second-order valence-electron chi connectivity index (χ2n) is 6.05. The highest BCUT2D eigenvalue weighted by molar-refractivity contribution is 5.87. The molecule has 0 saturated heterocycles. The molecule has 2 amide bonds. The van der Waals surface area contributed by atoms with Crippen LogP contribution in [0.25, 0.3) is 0 Å². The van der Waals surface area contributed by atoms with Gasteiger partial charge in [-0.05, 0) is 25.7 Å². The number of amides is 2. The lowest BCUT2D eigenvalue weighted by Gasteiger charge is -2.29. The molecule has 1 rings (SSSR count). The summed E-state index contributed by atoms with van der Waals surface area (Å²) < 4.78 is 0. The Morgan fingerprint density at radius 1 is 1.00 bits per heavy atom. The zero-order valence-electron chi connectivity index (χ0n) is 13.5. The molecule has 126 valence electrons. The molecule has 0 bridgehead atoms. The van der Waals surface area contributed by atoms with Crippen LogP contribution in [0.3, 0.4) is 0 Å². The van der Waals surface area contributed by atoms with Crippen LogP contribution in [0.4, 0.5) is 0 Å². The molecule has 0 aromatic carbocycles. The average molecular weight is 312 g/mol. The molecule has 22 heavy (non-hydrogen) atoms. The summed E-state index contributed by atoms with van der Waals surface area (Å²) in [5, 5.41) is 15.0. The lowest BCUT2D eigenvalue weighted by Crippen LogP contribution is -2.54. The molecule has 3 N–H and O–H groups in total. The number of hydrogen-bond donors (Lipinski definition) is 3. The van der Waals surface area contributed by atoms with Crippen LogP contribution in [0.15, 0.2) is 0 Å². The first kappa shape index (κ1) is 18.5. The van der Waals surface area contributed by atoms with Gasteiger partial charge in [0.2, 0.25) is 11.8 Å². The number of rotatable bonds is 8. The van der Waals surface area contributed by atoms with Crippen molar-refractivity contribution in [2.45, 2.75) is 76.7 Å². The second-order valence-corrected chi connectivity index (χ2v) is 6.05. The molecule has 0 atom stereocenters. The first-order valence-corrected chi connectivity index (χ1v) is 8.31. The minimum atomic E-state index is -1.11. The molecule has 0 heterocycles. The molecule has 0 aliphatic heterocycles. The van der Waals surface area contributed by atoms with Crippen LogP contribution in [-0.2, 0) is 14.4 Å². The highest BCUT2D eigenvalue weighted by Crippen LogP contribution is 2.27. The monoisotopic (exact) mass is 312 g/mol. The van der Waals surface area contributed by atoms with E-state index in [1.807, 2.05) is 6.92 Å². The van der Waals surface area contributed by atoms with Gasteiger partial charge in [0.15, 0.2) is 0 Å². The number of carboxylic acids is 1.